The maximum Gasteiger partial charge on any atom is 0.416 e. The number of nitrogens with zero attached hydrogens (tertiary/aromatic N) is 2. The molecule has 9 heteroatoms. The SMILES string of the molecule is CCOc1c(Cl)cc(C(=O)N2CCN(Cc3ccc(C(F)(F)F)cc3)CC2)cc1OC. The van der Waals surface area contributed by atoms with Crippen LogP contribution in [0.15, 0.2) is 36.4 Å². The molecule has 3 rings (SSSR count). The monoisotopic (exact) mass is 456 g/mol. The lowest BCUT2D eigenvalue weighted by molar-refractivity contribution is -0.137. The van der Waals surface area contributed by atoms with E-state index in [1.54, 1.807) is 17.0 Å². The van der Waals surface area contributed by atoms with Gasteiger partial charge in [-0.3, -0.25) is 9.69 Å². The van der Waals surface area contributed by atoms with Crippen LogP contribution in [0.1, 0.15) is 28.4 Å². The standard InChI is InChI=1S/C22H24ClF3N2O3/c1-3-31-20-18(23)12-16(13-19(20)30-2)21(29)28-10-8-27(9-11-28)14-15-4-6-17(7-5-15)22(24,25)26/h4-7,12-13H,3,8-11,14H2,1-2H3. The van der Waals surface area contributed by atoms with Crippen LogP contribution in [0, 0.1) is 0 Å². The molecule has 0 N–H and O–H groups in total. The quantitative estimate of drug-likeness (QED) is 0.630. The first-order valence-corrected chi connectivity index (χ1v) is 10.3. The Kier molecular flexibility index (Phi) is 7.33. The van der Waals surface area contributed by atoms with Crippen molar-refractivity contribution in [3.8, 4) is 11.5 Å². The van der Waals surface area contributed by atoms with Crippen molar-refractivity contribution in [1.82, 2.24) is 9.80 Å². The summed E-state index contributed by atoms with van der Waals surface area (Å²) in [5, 5.41) is 0.311. The van der Waals surface area contributed by atoms with Gasteiger partial charge in [0, 0.05) is 38.3 Å². The lowest BCUT2D eigenvalue weighted by atomic mass is 10.1. The Bertz CT molecular complexity index is 911. The topological polar surface area (TPSA) is 42.0 Å². The highest BCUT2D eigenvalue weighted by Gasteiger charge is 2.30. The van der Waals surface area contributed by atoms with Gasteiger partial charge in [-0.1, -0.05) is 23.7 Å². The van der Waals surface area contributed by atoms with Gasteiger partial charge in [-0.25, -0.2) is 0 Å². The number of carbonyl (C=O) groups excluding carboxylic acids is 1. The van der Waals surface area contributed by atoms with Gasteiger partial charge in [0.1, 0.15) is 0 Å². The van der Waals surface area contributed by atoms with Crippen LogP contribution in [0.3, 0.4) is 0 Å². The third-order valence-electron chi connectivity index (χ3n) is 5.11. The molecule has 2 aromatic carbocycles. The Balaban J connectivity index is 1.60. The summed E-state index contributed by atoms with van der Waals surface area (Å²) in [5.74, 6) is 0.653. The summed E-state index contributed by atoms with van der Waals surface area (Å²) in [6, 6.07) is 8.37. The summed E-state index contributed by atoms with van der Waals surface area (Å²) in [7, 11) is 1.49. The summed E-state index contributed by atoms with van der Waals surface area (Å²) < 4.78 is 48.9. The zero-order valence-electron chi connectivity index (χ0n) is 17.3. The lowest BCUT2D eigenvalue weighted by Crippen LogP contribution is -2.48. The van der Waals surface area contributed by atoms with Gasteiger partial charge < -0.3 is 14.4 Å². The van der Waals surface area contributed by atoms with Crippen LogP contribution in [0.5, 0.6) is 11.5 Å². The van der Waals surface area contributed by atoms with E-state index in [-0.39, 0.29) is 5.91 Å². The van der Waals surface area contributed by atoms with Crippen LogP contribution >= 0.6 is 11.6 Å². The molecule has 0 radical (unpaired) electrons. The Hall–Kier alpha value is -2.45. The van der Waals surface area contributed by atoms with E-state index >= 15 is 0 Å². The van der Waals surface area contributed by atoms with Crippen LogP contribution < -0.4 is 9.47 Å². The van der Waals surface area contributed by atoms with Crippen molar-refractivity contribution in [2.24, 2.45) is 0 Å². The van der Waals surface area contributed by atoms with Gasteiger partial charge in [-0.15, -0.1) is 0 Å². The van der Waals surface area contributed by atoms with E-state index in [0.29, 0.717) is 61.4 Å². The molecule has 2 aromatic rings. The third kappa shape index (κ3) is 5.62. The number of carbonyl (C=O) groups is 1. The molecule has 1 fully saturated rings. The summed E-state index contributed by atoms with van der Waals surface area (Å²) in [4.78, 5) is 16.8. The largest absolute Gasteiger partial charge is 0.493 e. The van der Waals surface area contributed by atoms with E-state index in [2.05, 4.69) is 4.90 Å². The van der Waals surface area contributed by atoms with Crippen molar-refractivity contribution >= 4 is 17.5 Å². The molecule has 0 aliphatic carbocycles. The van der Waals surface area contributed by atoms with Crippen molar-refractivity contribution < 1.29 is 27.4 Å². The zero-order chi connectivity index (χ0) is 22.6. The highest BCUT2D eigenvalue weighted by molar-refractivity contribution is 6.32. The first-order valence-electron chi connectivity index (χ1n) is 9.91. The Morgan fingerprint density at radius 1 is 1.10 bits per heavy atom. The molecular formula is C22H24ClF3N2O3. The van der Waals surface area contributed by atoms with Gasteiger partial charge in [0.25, 0.3) is 5.91 Å². The predicted octanol–water partition coefficient (Wildman–Crippen LogP) is 4.72. The first kappa shape index (κ1) is 23.2. The van der Waals surface area contributed by atoms with Crippen LogP contribution in [-0.2, 0) is 12.7 Å². The molecule has 0 aromatic heterocycles. The second-order valence-corrected chi connectivity index (χ2v) is 7.59. The van der Waals surface area contributed by atoms with Crippen LogP contribution in [0.2, 0.25) is 5.02 Å². The number of hydrogen-bond acceptors (Lipinski definition) is 4. The van der Waals surface area contributed by atoms with Gasteiger partial charge in [-0.05, 0) is 36.8 Å². The van der Waals surface area contributed by atoms with E-state index < -0.39 is 11.7 Å². The number of halogens is 4. The molecule has 0 saturated carbocycles. The summed E-state index contributed by atoms with van der Waals surface area (Å²) in [6.45, 7) is 5.04. The van der Waals surface area contributed by atoms with Crippen LogP contribution in [0.4, 0.5) is 13.2 Å². The molecule has 0 atom stereocenters. The van der Waals surface area contributed by atoms with Crippen LogP contribution in [0.25, 0.3) is 0 Å². The van der Waals surface area contributed by atoms with Crippen molar-refractivity contribution in [3.63, 3.8) is 0 Å². The summed E-state index contributed by atoms with van der Waals surface area (Å²) >= 11 is 6.27. The third-order valence-corrected chi connectivity index (χ3v) is 5.39. The fraction of sp³-hybridized carbons (Fsp3) is 0.409. The maximum absolute atomic E-state index is 12.9. The number of piperazine rings is 1. The van der Waals surface area contributed by atoms with Gasteiger partial charge in [0.05, 0.1) is 24.3 Å². The molecule has 0 bridgehead atoms. The molecule has 31 heavy (non-hydrogen) atoms. The zero-order valence-corrected chi connectivity index (χ0v) is 18.1. The van der Waals surface area contributed by atoms with Crippen molar-refractivity contribution in [1.29, 1.82) is 0 Å². The van der Waals surface area contributed by atoms with E-state index in [9.17, 15) is 18.0 Å². The highest BCUT2D eigenvalue weighted by atomic mass is 35.5. The molecule has 168 valence electrons. The molecule has 1 heterocycles. The fourth-order valence-electron chi connectivity index (χ4n) is 3.48. The number of amides is 1. The predicted molar refractivity (Wildman–Crippen MR) is 112 cm³/mol. The van der Waals surface area contributed by atoms with E-state index in [4.69, 9.17) is 21.1 Å². The first-order chi connectivity index (χ1) is 14.7. The minimum absolute atomic E-state index is 0.155. The fourth-order valence-corrected chi connectivity index (χ4v) is 3.74. The molecular weight excluding hydrogens is 433 g/mol. The van der Waals surface area contributed by atoms with Gasteiger partial charge in [0.15, 0.2) is 11.5 Å². The second-order valence-electron chi connectivity index (χ2n) is 7.19. The van der Waals surface area contributed by atoms with Gasteiger partial charge >= 0.3 is 6.18 Å². The number of rotatable bonds is 6. The molecule has 1 aliphatic rings. The molecule has 5 nitrogen and oxygen atoms in total. The number of hydrogen-bond donors (Lipinski definition) is 0. The second kappa shape index (κ2) is 9.78. The molecule has 1 amide bonds. The lowest BCUT2D eigenvalue weighted by Gasteiger charge is -2.35. The Morgan fingerprint density at radius 2 is 1.74 bits per heavy atom. The summed E-state index contributed by atoms with van der Waals surface area (Å²) in [5.41, 5.74) is 0.563. The van der Waals surface area contributed by atoms with E-state index in [1.165, 1.54) is 19.2 Å². The average molecular weight is 457 g/mol. The molecule has 1 saturated heterocycles. The number of methoxy groups -OCH3 is 1. The smallest absolute Gasteiger partial charge is 0.416 e. The number of benzene rings is 2. The number of ether oxygens (including phenoxy) is 2. The molecule has 1 aliphatic heterocycles. The normalized spacial score (nSPS) is 15.1. The van der Waals surface area contributed by atoms with Crippen molar-refractivity contribution in [2.45, 2.75) is 19.6 Å². The van der Waals surface area contributed by atoms with E-state index in [0.717, 1.165) is 17.7 Å². The van der Waals surface area contributed by atoms with E-state index in [1.807, 2.05) is 6.92 Å². The number of alkyl halides is 3. The Labute approximate surface area is 184 Å². The highest BCUT2D eigenvalue weighted by Crippen LogP contribution is 2.37. The molecule has 0 unspecified atom stereocenters. The minimum atomic E-state index is -4.34. The van der Waals surface area contributed by atoms with Crippen molar-refractivity contribution in [2.75, 3.05) is 39.9 Å². The summed E-state index contributed by atoms with van der Waals surface area (Å²) in [6.07, 6.45) is -4.34. The van der Waals surface area contributed by atoms with Gasteiger partial charge in [0.2, 0.25) is 0 Å². The molecule has 0 spiro atoms. The van der Waals surface area contributed by atoms with Gasteiger partial charge in [-0.2, -0.15) is 13.2 Å². The minimum Gasteiger partial charge on any atom is -0.493 e. The van der Waals surface area contributed by atoms with Crippen LogP contribution in [-0.4, -0.2) is 55.6 Å². The average Bonchev–Trinajstić information content (AvgIpc) is 2.75. The maximum atomic E-state index is 12.9. The van der Waals surface area contributed by atoms with Crippen molar-refractivity contribution in [3.05, 3.63) is 58.1 Å². The Morgan fingerprint density at radius 3 is 2.29 bits per heavy atom.